The number of carbonyl (C=O) groups is 1. The van der Waals surface area contributed by atoms with E-state index in [1.165, 1.54) is 18.5 Å². The number of aromatic carboxylic acids is 1. The first-order chi connectivity index (χ1) is 6.24. The van der Waals surface area contributed by atoms with Gasteiger partial charge in [0.2, 0.25) is 0 Å². The number of aliphatic imine (C=N–C) groups is 1. The van der Waals surface area contributed by atoms with E-state index in [1.807, 2.05) is 0 Å². The number of carboxylic acids is 1. The van der Waals surface area contributed by atoms with Gasteiger partial charge >= 0.3 is 5.97 Å². The van der Waals surface area contributed by atoms with Crippen LogP contribution in [-0.2, 0) is 0 Å². The molecule has 0 bridgehead atoms. The average molecular weight is 179 g/mol. The number of carboxylic acid groups (broad SMARTS) is 1. The van der Waals surface area contributed by atoms with Crippen LogP contribution in [0.2, 0.25) is 0 Å². The highest BCUT2D eigenvalue weighted by Gasteiger charge is 2.00. The van der Waals surface area contributed by atoms with Gasteiger partial charge in [0, 0.05) is 7.05 Å². The lowest BCUT2D eigenvalue weighted by Crippen LogP contribution is -1.96. The zero-order valence-electron chi connectivity index (χ0n) is 7.10. The molecule has 0 aliphatic rings. The van der Waals surface area contributed by atoms with Crippen LogP contribution in [0.1, 0.15) is 10.4 Å². The maximum absolute atomic E-state index is 10.5. The van der Waals surface area contributed by atoms with Gasteiger partial charge in [-0.3, -0.25) is 4.99 Å². The molecule has 4 heteroatoms. The minimum atomic E-state index is -0.948. The second-order valence-corrected chi connectivity index (χ2v) is 2.31. The maximum atomic E-state index is 10.5. The molecule has 1 N–H and O–H groups in total. The third-order valence-electron chi connectivity index (χ3n) is 1.40. The molecule has 1 aromatic carbocycles. The Bertz CT molecular complexity index is 316. The summed E-state index contributed by atoms with van der Waals surface area (Å²) in [6, 6.07) is 6.10. The standard InChI is InChI=1S/C9H9NO3/c1-10-6-13-8-4-2-7(3-5-8)9(11)12/h2-6H,1H3,(H,11,12). The summed E-state index contributed by atoms with van der Waals surface area (Å²) in [4.78, 5) is 14.1. The predicted molar refractivity (Wildman–Crippen MR) is 48.4 cm³/mol. The summed E-state index contributed by atoms with van der Waals surface area (Å²) in [7, 11) is 1.59. The van der Waals surface area contributed by atoms with Crippen molar-refractivity contribution >= 4 is 12.4 Å². The number of nitrogens with zero attached hydrogens (tertiary/aromatic N) is 1. The molecule has 13 heavy (non-hydrogen) atoms. The van der Waals surface area contributed by atoms with E-state index in [0.29, 0.717) is 5.75 Å². The van der Waals surface area contributed by atoms with E-state index in [2.05, 4.69) is 4.99 Å². The zero-order chi connectivity index (χ0) is 9.68. The van der Waals surface area contributed by atoms with Crippen molar-refractivity contribution in [2.75, 3.05) is 7.05 Å². The largest absolute Gasteiger partial charge is 0.478 e. The first-order valence-electron chi connectivity index (χ1n) is 3.64. The molecule has 0 saturated heterocycles. The lowest BCUT2D eigenvalue weighted by Gasteiger charge is -1.98. The van der Waals surface area contributed by atoms with Gasteiger partial charge in [0.1, 0.15) is 5.75 Å². The summed E-state index contributed by atoms with van der Waals surface area (Å²) >= 11 is 0. The lowest BCUT2D eigenvalue weighted by atomic mass is 10.2. The summed E-state index contributed by atoms with van der Waals surface area (Å²) in [5.74, 6) is -0.383. The van der Waals surface area contributed by atoms with Gasteiger partial charge in [-0.25, -0.2) is 4.79 Å². The fourth-order valence-corrected chi connectivity index (χ4v) is 0.790. The lowest BCUT2D eigenvalue weighted by molar-refractivity contribution is 0.0697. The quantitative estimate of drug-likeness (QED) is 0.564. The molecule has 0 heterocycles. The van der Waals surface area contributed by atoms with E-state index in [9.17, 15) is 4.79 Å². The van der Waals surface area contributed by atoms with Crippen molar-refractivity contribution in [3.05, 3.63) is 29.8 Å². The van der Waals surface area contributed by atoms with Gasteiger partial charge in [0.25, 0.3) is 0 Å². The molecule has 0 aliphatic carbocycles. The van der Waals surface area contributed by atoms with E-state index < -0.39 is 5.97 Å². The van der Waals surface area contributed by atoms with Crippen LogP contribution in [0.5, 0.6) is 5.75 Å². The van der Waals surface area contributed by atoms with Crippen LogP contribution in [0.3, 0.4) is 0 Å². The Labute approximate surface area is 75.5 Å². The Balaban J connectivity index is 2.75. The van der Waals surface area contributed by atoms with E-state index >= 15 is 0 Å². The minimum absolute atomic E-state index is 0.237. The Morgan fingerprint density at radius 1 is 1.46 bits per heavy atom. The fourth-order valence-electron chi connectivity index (χ4n) is 0.790. The Morgan fingerprint density at radius 3 is 2.54 bits per heavy atom. The Kier molecular flexibility index (Phi) is 3.03. The topological polar surface area (TPSA) is 58.9 Å². The molecular weight excluding hydrogens is 170 g/mol. The number of rotatable bonds is 3. The summed E-state index contributed by atoms with van der Waals surface area (Å²) < 4.78 is 5.01. The van der Waals surface area contributed by atoms with Crippen molar-refractivity contribution in [3.63, 3.8) is 0 Å². The van der Waals surface area contributed by atoms with Gasteiger partial charge in [0.05, 0.1) is 5.56 Å². The van der Waals surface area contributed by atoms with Crippen LogP contribution >= 0.6 is 0 Å². The van der Waals surface area contributed by atoms with Gasteiger partial charge in [-0.2, -0.15) is 0 Å². The smallest absolute Gasteiger partial charge is 0.335 e. The second-order valence-electron chi connectivity index (χ2n) is 2.31. The van der Waals surface area contributed by atoms with Gasteiger partial charge in [-0.15, -0.1) is 0 Å². The van der Waals surface area contributed by atoms with Crippen molar-refractivity contribution < 1.29 is 14.6 Å². The van der Waals surface area contributed by atoms with Crippen molar-refractivity contribution in [1.82, 2.24) is 0 Å². The van der Waals surface area contributed by atoms with E-state index in [4.69, 9.17) is 9.84 Å². The summed E-state index contributed by atoms with van der Waals surface area (Å²) in [6.07, 6.45) is 1.29. The molecule has 0 spiro atoms. The number of hydrogen-bond acceptors (Lipinski definition) is 3. The molecule has 1 aromatic rings. The summed E-state index contributed by atoms with van der Waals surface area (Å²) in [5.41, 5.74) is 0.237. The van der Waals surface area contributed by atoms with Gasteiger partial charge < -0.3 is 9.84 Å². The molecule has 0 aromatic heterocycles. The van der Waals surface area contributed by atoms with E-state index in [-0.39, 0.29) is 5.56 Å². The van der Waals surface area contributed by atoms with Crippen LogP contribution in [0, 0.1) is 0 Å². The first-order valence-corrected chi connectivity index (χ1v) is 3.64. The molecule has 0 aliphatic heterocycles. The van der Waals surface area contributed by atoms with Gasteiger partial charge in [-0.1, -0.05) is 0 Å². The first kappa shape index (κ1) is 9.25. The third-order valence-corrected chi connectivity index (χ3v) is 1.40. The summed E-state index contributed by atoms with van der Waals surface area (Å²) in [5, 5.41) is 8.58. The van der Waals surface area contributed by atoms with Crippen molar-refractivity contribution in [2.45, 2.75) is 0 Å². The summed E-state index contributed by atoms with van der Waals surface area (Å²) in [6.45, 7) is 0. The van der Waals surface area contributed by atoms with Crippen LogP contribution in [0.15, 0.2) is 29.3 Å². The van der Waals surface area contributed by atoms with Gasteiger partial charge in [-0.05, 0) is 24.3 Å². The van der Waals surface area contributed by atoms with E-state index in [0.717, 1.165) is 0 Å². The monoisotopic (exact) mass is 179 g/mol. The molecule has 0 radical (unpaired) electrons. The van der Waals surface area contributed by atoms with Gasteiger partial charge in [0.15, 0.2) is 6.40 Å². The van der Waals surface area contributed by atoms with Crippen molar-refractivity contribution in [3.8, 4) is 5.75 Å². The normalized spacial score (nSPS) is 10.2. The van der Waals surface area contributed by atoms with Crippen LogP contribution in [-0.4, -0.2) is 24.5 Å². The molecule has 1 rings (SSSR count). The maximum Gasteiger partial charge on any atom is 0.335 e. The van der Waals surface area contributed by atoms with E-state index in [1.54, 1.807) is 19.2 Å². The highest BCUT2D eigenvalue weighted by atomic mass is 16.5. The second kappa shape index (κ2) is 4.25. The van der Waals surface area contributed by atoms with Crippen molar-refractivity contribution in [1.29, 1.82) is 0 Å². The molecule has 4 nitrogen and oxygen atoms in total. The minimum Gasteiger partial charge on any atom is -0.478 e. The number of ether oxygens (including phenoxy) is 1. The van der Waals surface area contributed by atoms with Crippen LogP contribution in [0.4, 0.5) is 0 Å². The predicted octanol–water partition coefficient (Wildman–Crippen LogP) is 1.42. The molecule has 0 atom stereocenters. The highest BCUT2D eigenvalue weighted by Crippen LogP contribution is 2.11. The van der Waals surface area contributed by atoms with Crippen LogP contribution < -0.4 is 4.74 Å². The third kappa shape index (κ3) is 2.59. The molecule has 68 valence electrons. The number of benzene rings is 1. The van der Waals surface area contributed by atoms with Crippen LogP contribution in [0.25, 0.3) is 0 Å². The SMILES string of the molecule is CN=COc1ccc(C(=O)O)cc1. The Morgan fingerprint density at radius 2 is 2.08 bits per heavy atom. The number of hydrogen-bond donors (Lipinski definition) is 1. The zero-order valence-corrected chi connectivity index (χ0v) is 7.10. The molecule has 0 amide bonds. The average Bonchev–Trinajstić information content (AvgIpc) is 2.15. The molecule has 0 saturated carbocycles. The molecule has 0 fully saturated rings. The van der Waals surface area contributed by atoms with Crippen molar-refractivity contribution in [2.24, 2.45) is 4.99 Å². The fraction of sp³-hybridized carbons (Fsp3) is 0.111. The molecular formula is C9H9NO3. The Hall–Kier alpha value is -1.84. The highest BCUT2D eigenvalue weighted by molar-refractivity contribution is 5.87. The molecule has 0 unspecified atom stereocenters.